The molecule has 1 heterocycles. The van der Waals surface area contributed by atoms with E-state index in [9.17, 15) is 5.11 Å². The van der Waals surface area contributed by atoms with Crippen LogP contribution in [0.4, 0.5) is 0 Å². The fraction of sp³-hybridized carbons (Fsp3) is 0.100. The van der Waals surface area contributed by atoms with E-state index in [-0.39, 0.29) is 0 Å². The number of nitrogens with zero attached hydrogens (tertiary/aromatic N) is 1. The lowest BCUT2D eigenvalue weighted by atomic mass is 10.1. The molecule has 0 bridgehead atoms. The van der Waals surface area contributed by atoms with E-state index in [1.165, 1.54) is 11.3 Å². The van der Waals surface area contributed by atoms with Crippen molar-refractivity contribution in [1.29, 1.82) is 0 Å². The number of aromatic nitrogens is 1. The monoisotopic (exact) mass is 269 g/mol. The third-order valence-electron chi connectivity index (χ3n) is 1.84. The summed E-state index contributed by atoms with van der Waals surface area (Å²) in [6, 6.07) is 9.51. The van der Waals surface area contributed by atoms with Crippen molar-refractivity contribution in [1.82, 2.24) is 4.98 Å². The second-order valence-electron chi connectivity index (χ2n) is 2.82. The first-order valence-corrected chi connectivity index (χ1v) is 5.72. The fourth-order valence-electron chi connectivity index (χ4n) is 1.17. The Labute approximate surface area is 94.4 Å². The summed E-state index contributed by atoms with van der Waals surface area (Å²) < 4.78 is 0.933. The second-order valence-corrected chi connectivity index (χ2v) is 5.26. The van der Waals surface area contributed by atoms with Crippen molar-refractivity contribution in [2.45, 2.75) is 6.10 Å². The molecule has 14 heavy (non-hydrogen) atoms. The Kier molecular flexibility index (Phi) is 2.96. The van der Waals surface area contributed by atoms with E-state index >= 15 is 0 Å². The van der Waals surface area contributed by atoms with Gasteiger partial charge in [-0.1, -0.05) is 30.3 Å². The van der Waals surface area contributed by atoms with E-state index in [1.807, 2.05) is 30.3 Å². The van der Waals surface area contributed by atoms with Gasteiger partial charge >= 0.3 is 0 Å². The van der Waals surface area contributed by atoms with Gasteiger partial charge in [-0.3, -0.25) is 0 Å². The van der Waals surface area contributed by atoms with Crippen LogP contribution in [0.3, 0.4) is 0 Å². The molecule has 1 atom stereocenters. The fourth-order valence-corrected chi connectivity index (χ4v) is 2.43. The third-order valence-corrected chi connectivity index (χ3v) is 3.37. The molecule has 2 aromatic rings. The first-order chi connectivity index (χ1) is 6.77. The first kappa shape index (κ1) is 9.83. The van der Waals surface area contributed by atoms with Crippen LogP contribution in [0.5, 0.6) is 0 Å². The van der Waals surface area contributed by atoms with E-state index in [0.29, 0.717) is 5.01 Å². The highest BCUT2D eigenvalue weighted by Gasteiger charge is 2.13. The molecule has 2 rings (SSSR count). The van der Waals surface area contributed by atoms with Gasteiger partial charge in [-0.2, -0.15) is 0 Å². The summed E-state index contributed by atoms with van der Waals surface area (Å²) >= 11 is 4.76. The first-order valence-electron chi connectivity index (χ1n) is 4.11. The molecule has 0 saturated heterocycles. The summed E-state index contributed by atoms with van der Waals surface area (Å²) in [7, 11) is 0. The Morgan fingerprint density at radius 1 is 1.29 bits per heavy atom. The Hall–Kier alpha value is -0.710. The maximum absolute atomic E-state index is 9.93. The molecule has 0 saturated carbocycles. The number of hydrogen-bond donors (Lipinski definition) is 1. The number of hydrogen-bond acceptors (Lipinski definition) is 3. The molecule has 0 fully saturated rings. The van der Waals surface area contributed by atoms with Crippen molar-refractivity contribution in [3.8, 4) is 0 Å². The van der Waals surface area contributed by atoms with Gasteiger partial charge in [0.25, 0.3) is 0 Å². The summed E-state index contributed by atoms with van der Waals surface area (Å²) in [5, 5.41) is 10.6. The molecule has 0 aliphatic carbocycles. The minimum absolute atomic E-state index is 0.618. The van der Waals surface area contributed by atoms with Gasteiger partial charge in [-0.25, -0.2) is 4.98 Å². The van der Waals surface area contributed by atoms with Crippen LogP contribution in [0, 0.1) is 0 Å². The van der Waals surface area contributed by atoms with Gasteiger partial charge in [0.1, 0.15) is 11.1 Å². The van der Waals surface area contributed by atoms with Gasteiger partial charge in [-0.15, -0.1) is 11.3 Å². The normalized spacial score (nSPS) is 12.7. The standard InChI is InChI=1S/C10H8BrNOS/c11-8-6-12-10(14-8)9(13)7-4-2-1-3-5-7/h1-6,9,13H. The lowest BCUT2D eigenvalue weighted by Crippen LogP contribution is -1.97. The lowest BCUT2D eigenvalue weighted by Gasteiger charge is -2.06. The summed E-state index contributed by atoms with van der Waals surface area (Å²) in [5.41, 5.74) is 0.870. The summed E-state index contributed by atoms with van der Waals surface area (Å²) in [6.45, 7) is 0. The molecule has 0 aliphatic heterocycles. The molecule has 0 aliphatic rings. The smallest absolute Gasteiger partial charge is 0.131 e. The molecule has 0 radical (unpaired) electrons. The highest BCUT2D eigenvalue weighted by molar-refractivity contribution is 9.11. The average Bonchev–Trinajstić information content (AvgIpc) is 2.65. The third kappa shape index (κ3) is 2.03. The van der Waals surface area contributed by atoms with Crippen LogP contribution in [0.1, 0.15) is 16.7 Å². The summed E-state index contributed by atoms with van der Waals surface area (Å²) in [5.74, 6) is 0. The zero-order valence-electron chi connectivity index (χ0n) is 7.22. The molecule has 1 unspecified atom stereocenters. The van der Waals surface area contributed by atoms with Gasteiger partial charge in [-0.05, 0) is 21.5 Å². The van der Waals surface area contributed by atoms with Crippen LogP contribution < -0.4 is 0 Å². The predicted molar refractivity (Wildman–Crippen MR) is 60.3 cm³/mol. The number of aliphatic hydroxyl groups excluding tert-OH is 1. The summed E-state index contributed by atoms with van der Waals surface area (Å²) in [6.07, 6.45) is 1.08. The maximum atomic E-state index is 9.93. The number of halogens is 1. The van der Waals surface area contributed by atoms with E-state index in [0.717, 1.165) is 9.35 Å². The van der Waals surface area contributed by atoms with Crippen LogP contribution in [0.15, 0.2) is 40.3 Å². The van der Waals surface area contributed by atoms with Crippen LogP contribution in [0.2, 0.25) is 0 Å². The zero-order valence-corrected chi connectivity index (χ0v) is 9.62. The number of thiazole rings is 1. The van der Waals surface area contributed by atoms with Crippen LogP contribution in [0.25, 0.3) is 0 Å². The van der Waals surface area contributed by atoms with E-state index < -0.39 is 6.10 Å². The highest BCUT2D eigenvalue weighted by Crippen LogP contribution is 2.28. The topological polar surface area (TPSA) is 33.1 Å². The van der Waals surface area contributed by atoms with Crippen molar-refractivity contribution in [3.05, 3.63) is 50.9 Å². The van der Waals surface area contributed by atoms with Crippen molar-refractivity contribution in [2.75, 3.05) is 0 Å². The van der Waals surface area contributed by atoms with Crippen LogP contribution in [-0.2, 0) is 0 Å². The molecule has 72 valence electrons. The van der Waals surface area contributed by atoms with E-state index in [2.05, 4.69) is 20.9 Å². The molecular weight excluding hydrogens is 262 g/mol. The minimum Gasteiger partial charge on any atom is -0.381 e. The number of aliphatic hydroxyl groups is 1. The van der Waals surface area contributed by atoms with Gasteiger partial charge in [0, 0.05) is 0 Å². The van der Waals surface area contributed by atoms with Crippen LogP contribution in [-0.4, -0.2) is 10.1 Å². The zero-order chi connectivity index (χ0) is 9.97. The maximum Gasteiger partial charge on any atom is 0.131 e. The molecule has 2 nitrogen and oxygen atoms in total. The van der Waals surface area contributed by atoms with E-state index in [4.69, 9.17) is 0 Å². The largest absolute Gasteiger partial charge is 0.381 e. The minimum atomic E-state index is -0.618. The second kappa shape index (κ2) is 4.21. The van der Waals surface area contributed by atoms with Crippen LogP contribution >= 0.6 is 27.3 Å². The van der Waals surface area contributed by atoms with Crippen molar-refractivity contribution in [3.63, 3.8) is 0 Å². The number of benzene rings is 1. The molecule has 1 aromatic carbocycles. The molecule has 0 amide bonds. The van der Waals surface area contributed by atoms with Crippen molar-refractivity contribution < 1.29 is 5.11 Å². The summed E-state index contributed by atoms with van der Waals surface area (Å²) in [4.78, 5) is 4.11. The van der Waals surface area contributed by atoms with E-state index in [1.54, 1.807) is 6.20 Å². The number of rotatable bonds is 2. The van der Waals surface area contributed by atoms with Gasteiger partial charge < -0.3 is 5.11 Å². The molecule has 1 N–H and O–H groups in total. The van der Waals surface area contributed by atoms with Crippen molar-refractivity contribution in [2.24, 2.45) is 0 Å². The van der Waals surface area contributed by atoms with Gasteiger partial charge in [0.2, 0.25) is 0 Å². The Morgan fingerprint density at radius 2 is 2.00 bits per heavy atom. The predicted octanol–water partition coefficient (Wildman–Crippen LogP) is 2.99. The van der Waals surface area contributed by atoms with Crippen molar-refractivity contribution >= 4 is 27.3 Å². The molecule has 4 heteroatoms. The SMILES string of the molecule is OC(c1ccccc1)c1ncc(Br)s1. The lowest BCUT2D eigenvalue weighted by molar-refractivity contribution is 0.220. The average molecular weight is 270 g/mol. The van der Waals surface area contributed by atoms with Gasteiger partial charge in [0.05, 0.1) is 9.98 Å². The quantitative estimate of drug-likeness (QED) is 0.910. The Morgan fingerprint density at radius 3 is 2.57 bits per heavy atom. The molecular formula is C10H8BrNOS. The Bertz CT molecular complexity index is 415. The Balaban J connectivity index is 2.29. The highest BCUT2D eigenvalue weighted by atomic mass is 79.9. The van der Waals surface area contributed by atoms with Gasteiger partial charge in [0.15, 0.2) is 0 Å². The molecule has 1 aromatic heterocycles. The molecule has 0 spiro atoms.